The number of pyridine rings is 1. The summed E-state index contributed by atoms with van der Waals surface area (Å²) in [5.74, 6) is 2.02. The number of amides is 1. The fourth-order valence-electron chi connectivity index (χ4n) is 1.72. The molecule has 1 aliphatic rings. The van der Waals surface area contributed by atoms with Crippen molar-refractivity contribution in [3.05, 3.63) is 24.0 Å². The zero-order chi connectivity index (χ0) is 11.4. The molecule has 0 aromatic carbocycles. The SMILES string of the molecule is Nc1cccnc1C(=O)NC1CCCSC1. The average molecular weight is 237 g/mol. The number of carbonyl (C=O) groups is 1. The minimum absolute atomic E-state index is 0.161. The molecule has 16 heavy (non-hydrogen) atoms. The van der Waals surface area contributed by atoms with Crippen LogP contribution in [0.3, 0.4) is 0 Å². The van der Waals surface area contributed by atoms with E-state index in [-0.39, 0.29) is 11.9 Å². The number of nitrogens with two attached hydrogens (primary N) is 1. The van der Waals surface area contributed by atoms with Crippen LogP contribution < -0.4 is 11.1 Å². The molecule has 1 unspecified atom stereocenters. The minimum Gasteiger partial charge on any atom is -0.397 e. The second-order valence-corrected chi connectivity index (χ2v) is 4.98. The molecule has 1 aromatic heterocycles. The van der Waals surface area contributed by atoms with Gasteiger partial charge in [0.15, 0.2) is 5.69 Å². The molecule has 1 aromatic rings. The number of nitrogens with zero attached hydrogens (tertiary/aromatic N) is 1. The van der Waals surface area contributed by atoms with E-state index in [2.05, 4.69) is 10.3 Å². The van der Waals surface area contributed by atoms with Gasteiger partial charge in [0.25, 0.3) is 5.91 Å². The molecule has 1 fully saturated rings. The Morgan fingerprint density at radius 3 is 3.19 bits per heavy atom. The molecule has 5 heteroatoms. The Morgan fingerprint density at radius 1 is 1.62 bits per heavy atom. The van der Waals surface area contributed by atoms with Crippen molar-refractivity contribution >= 4 is 23.4 Å². The molecule has 4 nitrogen and oxygen atoms in total. The third kappa shape index (κ3) is 2.66. The number of nitrogens with one attached hydrogen (secondary N) is 1. The average Bonchev–Trinajstić information content (AvgIpc) is 2.31. The normalized spacial score (nSPS) is 20.4. The lowest BCUT2D eigenvalue weighted by Crippen LogP contribution is -2.39. The largest absolute Gasteiger partial charge is 0.397 e. The van der Waals surface area contributed by atoms with Crippen molar-refractivity contribution in [2.45, 2.75) is 18.9 Å². The van der Waals surface area contributed by atoms with Crippen molar-refractivity contribution in [1.82, 2.24) is 10.3 Å². The van der Waals surface area contributed by atoms with Crippen molar-refractivity contribution in [2.24, 2.45) is 0 Å². The summed E-state index contributed by atoms with van der Waals surface area (Å²) in [6, 6.07) is 3.67. The highest BCUT2D eigenvalue weighted by atomic mass is 32.2. The van der Waals surface area contributed by atoms with E-state index in [4.69, 9.17) is 5.73 Å². The molecular weight excluding hydrogens is 222 g/mol. The maximum absolute atomic E-state index is 11.9. The first kappa shape index (κ1) is 11.3. The Bertz CT molecular complexity index is 377. The van der Waals surface area contributed by atoms with Gasteiger partial charge in [0.2, 0.25) is 0 Å². The standard InChI is InChI=1S/C11H15N3OS/c12-9-4-1-5-13-10(9)11(15)14-8-3-2-6-16-7-8/h1,4-5,8H,2-3,6-7,12H2,(H,14,15). The summed E-state index contributed by atoms with van der Waals surface area (Å²) in [7, 11) is 0. The van der Waals surface area contributed by atoms with E-state index < -0.39 is 0 Å². The molecule has 3 N–H and O–H groups in total. The number of anilines is 1. The van der Waals surface area contributed by atoms with E-state index in [9.17, 15) is 4.79 Å². The van der Waals surface area contributed by atoms with Crippen LogP contribution >= 0.6 is 11.8 Å². The summed E-state index contributed by atoms with van der Waals surface area (Å²) < 4.78 is 0. The molecule has 1 atom stereocenters. The summed E-state index contributed by atoms with van der Waals surface area (Å²) in [6.07, 6.45) is 3.79. The van der Waals surface area contributed by atoms with Gasteiger partial charge >= 0.3 is 0 Å². The highest BCUT2D eigenvalue weighted by Gasteiger charge is 2.18. The van der Waals surface area contributed by atoms with Crippen LogP contribution in [0.5, 0.6) is 0 Å². The molecule has 2 heterocycles. The predicted octanol–water partition coefficient (Wildman–Crippen LogP) is 1.29. The zero-order valence-electron chi connectivity index (χ0n) is 8.98. The van der Waals surface area contributed by atoms with E-state index in [0.29, 0.717) is 11.4 Å². The van der Waals surface area contributed by atoms with Gasteiger partial charge in [-0.1, -0.05) is 0 Å². The lowest BCUT2D eigenvalue weighted by molar-refractivity contribution is 0.0934. The van der Waals surface area contributed by atoms with Crippen LogP contribution in [0.15, 0.2) is 18.3 Å². The molecule has 2 rings (SSSR count). The van der Waals surface area contributed by atoms with E-state index in [1.54, 1.807) is 18.3 Å². The van der Waals surface area contributed by atoms with Crippen LogP contribution in [-0.2, 0) is 0 Å². The summed E-state index contributed by atoms with van der Waals surface area (Å²) in [6.45, 7) is 0. The van der Waals surface area contributed by atoms with E-state index in [1.165, 1.54) is 5.75 Å². The number of carbonyl (C=O) groups excluding carboxylic acids is 1. The van der Waals surface area contributed by atoms with Crippen molar-refractivity contribution in [2.75, 3.05) is 17.2 Å². The third-order valence-electron chi connectivity index (χ3n) is 2.55. The molecule has 0 bridgehead atoms. The number of rotatable bonds is 2. The lowest BCUT2D eigenvalue weighted by atomic mass is 10.2. The number of aromatic nitrogens is 1. The molecule has 1 aliphatic heterocycles. The highest BCUT2D eigenvalue weighted by molar-refractivity contribution is 7.99. The van der Waals surface area contributed by atoms with Crippen LogP contribution in [0.2, 0.25) is 0 Å². The Morgan fingerprint density at radius 2 is 2.50 bits per heavy atom. The maximum Gasteiger partial charge on any atom is 0.272 e. The fourth-order valence-corrected chi connectivity index (χ4v) is 2.79. The number of thioether (sulfide) groups is 1. The Labute approximate surface area is 99.0 Å². The second kappa shape index (κ2) is 5.21. The number of nitrogen functional groups attached to an aromatic ring is 1. The predicted molar refractivity (Wildman–Crippen MR) is 66.5 cm³/mol. The smallest absolute Gasteiger partial charge is 0.272 e. The minimum atomic E-state index is -0.161. The van der Waals surface area contributed by atoms with Crippen molar-refractivity contribution in [1.29, 1.82) is 0 Å². The maximum atomic E-state index is 11.9. The lowest BCUT2D eigenvalue weighted by Gasteiger charge is -2.22. The van der Waals surface area contributed by atoms with Gasteiger partial charge in [0, 0.05) is 18.0 Å². The second-order valence-electron chi connectivity index (χ2n) is 3.83. The fraction of sp³-hybridized carbons (Fsp3) is 0.455. The van der Waals surface area contributed by atoms with Gasteiger partial charge in [0.1, 0.15) is 0 Å². The van der Waals surface area contributed by atoms with Crippen LogP contribution in [0.25, 0.3) is 0 Å². The molecule has 0 radical (unpaired) electrons. The first-order valence-corrected chi connectivity index (χ1v) is 6.52. The van der Waals surface area contributed by atoms with E-state index in [0.717, 1.165) is 18.6 Å². The first-order valence-electron chi connectivity index (χ1n) is 5.36. The molecule has 1 amide bonds. The van der Waals surface area contributed by atoms with Gasteiger partial charge in [0.05, 0.1) is 5.69 Å². The number of hydrogen-bond acceptors (Lipinski definition) is 4. The molecule has 0 saturated carbocycles. The molecule has 86 valence electrons. The van der Waals surface area contributed by atoms with Gasteiger partial charge in [-0.3, -0.25) is 4.79 Å². The zero-order valence-corrected chi connectivity index (χ0v) is 9.80. The number of hydrogen-bond donors (Lipinski definition) is 2. The van der Waals surface area contributed by atoms with Crippen molar-refractivity contribution in [3.63, 3.8) is 0 Å². The summed E-state index contributed by atoms with van der Waals surface area (Å²) in [5, 5.41) is 2.97. The summed E-state index contributed by atoms with van der Waals surface area (Å²) in [4.78, 5) is 15.9. The quantitative estimate of drug-likeness (QED) is 0.813. The van der Waals surface area contributed by atoms with E-state index >= 15 is 0 Å². The van der Waals surface area contributed by atoms with Crippen molar-refractivity contribution < 1.29 is 4.79 Å². The first-order chi connectivity index (χ1) is 7.77. The van der Waals surface area contributed by atoms with Gasteiger partial charge in [-0.05, 0) is 30.7 Å². The van der Waals surface area contributed by atoms with Gasteiger partial charge in [-0.25, -0.2) is 4.98 Å². The van der Waals surface area contributed by atoms with Gasteiger partial charge < -0.3 is 11.1 Å². The van der Waals surface area contributed by atoms with Gasteiger partial charge in [-0.15, -0.1) is 0 Å². The Kier molecular flexibility index (Phi) is 3.66. The van der Waals surface area contributed by atoms with Crippen LogP contribution in [0.4, 0.5) is 5.69 Å². The molecule has 1 saturated heterocycles. The van der Waals surface area contributed by atoms with Crippen LogP contribution in [0, 0.1) is 0 Å². The highest BCUT2D eigenvalue weighted by Crippen LogP contribution is 2.17. The molecule has 0 spiro atoms. The van der Waals surface area contributed by atoms with Crippen LogP contribution in [-0.4, -0.2) is 28.4 Å². The van der Waals surface area contributed by atoms with Crippen LogP contribution in [0.1, 0.15) is 23.3 Å². The summed E-state index contributed by atoms with van der Waals surface area (Å²) in [5.41, 5.74) is 6.46. The van der Waals surface area contributed by atoms with Crippen molar-refractivity contribution in [3.8, 4) is 0 Å². The third-order valence-corrected chi connectivity index (χ3v) is 3.76. The van der Waals surface area contributed by atoms with E-state index in [1.807, 2.05) is 11.8 Å². The Balaban J connectivity index is 2.00. The topological polar surface area (TPSA) is 68.0 Å². The monoisotopic (exact) mass is 237 g/mol. The molecule has 0 aliphatic carbocycles. The summed E-state index contributed by atoms with van der Waals surface area (Å²) >= 11 is 1.88. The van der Waals surface area contributed by atoms with Gasteiger partial charge in [-0.2, -0.15) is 11.8 Å². The molecular formula is C11H15N3OS. The Hall–Kier alpha value is -1.23.